The highest BCUT2D eigenvalue weighted by Gasteiger charge is 2.31. The van der Waals surface area contributed by atoms with Gasteiger partial charge in [0.05, 0.1) is 22.8 Å². The Kier molecular flexibility index (Phi) is 11.1. The first kappa shape index (κ1) is 38.4. The number of H-pyrrole nitrogens is 2. The number of alkyl halides is 6. The molecule has 5 heterocycles. The first-order valence-electron chi connectivity index (χ1n) is 17.0. The van der Waals surface area contributed by atoms with Crippen molar-refractivity contribution in [2.75, 3.05) is 13.2 Å². The standard InChI is InChI=1S/C38H40F6N4O4/c1-7-23-19(3)27-13-28-21(5)25(9-11-35(49)51-17-37(39,40)41)33(47-28)16-34-26(10-12-36(50)52-18-38(42,43)44)22(6)30(48-34)15-32-24(8-2)20(4)29(46-32)14-31(23)45-27/h13-16,45-46H,7-12,17-18H2,1-6H3. The number of rotatable bonds is 10. The molecule has 0 unspecified atom stereocenters. The van der Waals surface area contributed by atoms with E-state index in [-0.39, 0.29) is 25.7 Å². The molecule has 2 aliphatic heterocycles. The van der Waals surface area contributed by atoms with Gasteiger partial charge in [0.1, 0.15) is 0 Å². The molecule has 0 atom stereocenters. The van der Waals surface area contributed by atoms with E-state index in [1.165, 1.54) is 0 Å². The van der Waals surface area contributed by atoms with E-state index in [1.807, 2.05) is 46.8 Å². The molecule has 3 aromatic heterocycles. The molecule has 8 bridgehead atoms. The fraction of sp³-hybridized carbons (Fsp3) is 0.421. The minimum atomic E-state index is -4.67. The summed E-state index contributed by atoms with van der Waals surface area (Å²) in [5.74, 6) is -2.05. The number of fused-ring (bicyclic) bond motifs is 8. The number of hydrogen-bond acceptors (Lipinski definition) is 6. The molecule has 0 spiro atoms. The van der Waals surface area contributed by atoms with Crippen LogP contribution in [0.3, 0.4) is 0 Å². The second kappa shape index (κ2) is 15.0. The van der Waals surface area contributed by atoms with Crippen molar-refractivity contribution in [1.29, 1.82) is 0 Å². The second-order valence-corrected chi connectivity index (χ2v) is 12.9. The number of aryl methyl sites for hydroxylation is 4. The van der Waals surface area contributed by atoms with Crippen LogP contribution in [0.5, 0.6) is 0 Å². The second-order valence-electron chi connectivity index (χ2n) is 12.9. The van der Waals surface area contributed by atoms with E-state index in [2.05, 4.69) is 32.4 Å². The number of nitrogens with zero attached hydrogens (tertiary/aromatic N) is 2. The number of carbonyl (C=O) groups is 2. The van der Waals surface area contributed by atoms with Gasteiger partial charge in [-0.2, -0.15) is 26.3 Å². The van der Waals surface area contributed by atoms with E-state index in [4.69, 9.17) is 9.97 Å². The lowest BCUT2D eigenvalue weighted by atomic mass is 9.98. The Morgan fingerprint density at radius 3 is 1.38 bits per heavy atom. The molecule has 2 aliphatic rings. The zero-order chi connectivity index (χ0) is 38.1. The van der Waals surface area contributed by atoms with Crippen molar-refractivity contribution < 1.29 is 45.4 Å². The summed E-state index contributed by atoms with van der Waals surface area (Å²) in [5.41, 5.74) is 12.3. The molecular weight excluding hydrogens is 690 g/mol. The van der Waals surface area contributed by atoms with Gasteiger partial charge in [-0.1, -0.05) is 13.8 Å². The van der Waals surface area contributed by atoms with Crippen molar-refractivity contribution in [3.63, 3.8) is 0 Å². The Labute approximate surface area is 296 Å². The Morgan fingerprint density at radius 2 is 0.981 bits per heavy atom. The third-order valence-electron chi connectivity index (χ3n) is 9.46. The number of allylic oxidation sites excluding steroid dienone is 4. The van der Waals surface area contributed by atoms with Gasteiger partial charge in [-0.15, -0.1) is 0 Å². The number of aromatic amines is 2. The molecule has 0 fully saturated rings. The van der Waals surface area contributed by atoms with Crippen molar-refractivity contribution in [2.45, 2.75) is 92.4 Å². The zero-order valence-corrected chi connectivity index (χ0v) is 29.8. The lowest BCUT2D eigenvalue weighted by molar-refractivity contribution is -0.186. The Bertz CT molecular complexity index is 2140. The van der Waals surface area contributed by atoms with Crippen molar-refractivity contribution in [1.82, 2.24) is 19.9 Å². The molecule has 52 heavy (non-hydrogen) atoms. The molecule has 3 aromatic rings. The van der Waals surface area contributed by atoms with Crippen LogP contribution in [-0.2, 0) is 31.9 Å². The van der Waals surface area contributed by atoms with Crippen LogP contribution in [0.4, 0.5) is 26.3 Å². The quantitative estimate of drug-likeness (QED) is 0.159. The largest absolute Gasteiger partial charge is 0.456 e. The van der Waals surface area contributed by atoms with Crippen LogP contribution in [0.15, 0.2) is 24.3 Å². The summed E-state index contributed by atoms with van der Waals surface area (Å²) in [6.07, 6.45) is -8.52. The predicted molar refractivity (Wildman–Crippen MR) is 187 cm³/mol. The monoisotopic (exact) mass is 730 g/mol. The first-order valence-corrected chi connectivity index (χ1v) is 17.0. The van der Waals surface area contributed by atoms with Crippen LogP contribution >= 0.6 is 0 Å². The van der Waals surface area contributed by atoms with Crippen molar-refractivity contribution in [3.05, 3.63) is 69.3 Å². The van der Waals surface area contributed by atoms with Gasteiger partial charge in [0.2, 0.25) is 0 Å². The van der Waals surface area contributed by atoms with Crippen LogP contribution in [0.2, 0.25) is 0 Å². The first-order chi connectivity index (χ1) is 24.4. The van der Waals surface area contributed by atoms with Crippen molar-refractivity contribution in [2.24, 2.45) is 0 Å². The summed E-state index contributed by atoms with van der Waals surface area (Å²) >= 11 is 0. The fourth-order valence-electron chi connectivity index (χ4n) is 6.68. The van der Waals surface area contributed by atoms with E-state index in [9.17, 15) is 35.9 Å². The molecule has 8 nitrogen and oxygen atoms in total. The molecule has 0 saturated heterocycles. The number of carbonyl (C=O) groups excluding carboxylic acids is 2. The molecule has 0 aliphatic carbocycles. The van der Waals surface area contributed by atoms with Crippen LogP contribution in [0.1, 0.15) is 98.4 Å². The number of hydrogen-bond donors (Lipinski definition) is 2. The summed E-state index contributed by atoms with van der Waals surface area (Å²) in [5, 5.41) is 0. The Hall–Kier alpha value is -4.88. The van der Waals surface area contributed by atoms with Gasteiger partial charge in [-0.25, -0.2) is 9.97 Å². The Balaban J connectivity index is 1.72. The lowest BCUT2D eigenvalue weighted by Crippen LogP contribution is -2.20. The zero-order valence-electron chi connectivity index (χ0n) is 29.8. The maximum atomic E-state index is 12.7. The summed E-state index contributed by atoms with van der Waals surface area (Å²) in [6.45, 7) is 8.41. The average Bonchev–Trinajstić information content (AvgIpc) is 3.72. The van der Waals surface area contributed by atoms with E-state index in [0.717, 1.165) is 57.2 Å². The lowest BCUT2D eigenvalue weighted by Gasteiger charge is -2.09. The van der Waals surface area contributed by atoms with Crippen LogP contribution in [0.25, 0.3) is 44.4 Å². The van der Waals surface area contributed by atoms with Gasteiger partial charge in [-0.05, 0) is 122 Å². The SMILES string of the molecule is CCc1c(C)c2cc3[nH]c(cc4nc(cc5nc(cc1[nH]2)C(C)=C5CCC(=O)OCC(F)(F)F)C(CCC(=O)OCC(F)(F)F)=C4C)c(C)c3CC. The predicted octanol–water partition coefficient (Wildman–Crippen LogP) is 9.69. The minimum absolute atomic E-state index is 0.0139. The van der Waals surface area contributed by atoms with Gasteiger partial charge < -0.3 is 19.4 Å². The molecule has 2 N–H and O–H groups in total. The van der Waals surface area contributed by atoms with E-state index < -0.39 is 37.5 Å². The van der Waals surface area contributed by atoms with E-state index in [0.29, 0.717) is 45.1 Å². The fourth-order valence-corrected chi connectivity index (χ4v) is 6.68. The van der Waals surface area contributed by atoms with Crippen molar-refractivity contribution in [3.8, 4) is 0 Å². The molecule has 0 amide bonds. The summed E-state index contributed by atoms with van der Waals surface area (Å²) in [6, 6.07) is 7.54. The number of esters is 2. The highest BCUT2D eigenvalue weighted by molar-refractivity contribution is 5.96. The molecular formula is C38H40F6N4O4. The number of aromatic nitrogens is 4. The van der Waals surface area contributed by atoms with Crippen LogP contribution in [-0.4, -0.2) is 57.4 Å². The average molecular weight is 731 g/mol. The maximum absolute atomic E-state index is 12.7. The highest BCUT2D eigenvalue weighted by atomic mass is 19.4. The molecule has 0 radical (unpaired) electrons. The molecule has 5 rings (SSSR count). The minimum Gasteiger partial charge on any atom is -0.456 e. The normalized spacial score (nSPS) is 13.6. The molecule has 14 heteroatoms. The van der Waals surface area contributed by atoms with Gasteiger partial charge >= 0.3 is 24.3 Å². The number of nitrogens with one attached hydrogen (secondary N) is 2. The molecule has 278 valence electrons. The third-order valence-corrected chi connectivity index (χ3v) is 9.46. The number of halogens is 6. The van der Waals surface area contributed by atoms with Gasteiger partial charge in [0.15, 0.2) is 13.2 Å². The summed E-state index contributed by atoms with van der Waals surface area (Å²) in [7, 11) is 0. The van der Waals surface area contributed by atoms with Crippen LogP contribution < -0.4 is 0 Å². The van der Waals surface area contributed by atoms with Gasteiger partial charge in [0, 0.05) is 34.9 Å². The van der Waals surface area contributed by atoms with Crippen molar-refractivity contribution >= 4 is 56.3 Å². The van der Waals surface area contributed by atoms with E-state index >= 15 is 0 Å². The summed E-state index contributed by atoms with van der Waals surface area (Å²) in [4.78, 5) is 41.6. The van der Waals surface area contributed by atoms with Crippen LogP contribution in [0, 0.1) is 13.8 Å². The smallest absolute Gasteiger partial charge is 0.422 e. The van der Waals surface area contributed by atoms with Gasteiger partial charge in [-0.3, -0.25) is 9.59 Å². The molecule has 0 saturated carbocycles. The summed E-state index contributed by atoms with van der Waals surface area (Å²) < 4.78 is 85.2. The van der Waals surface area contributed by atoms with E-state index in [1.54, 1.807) is 6.07 Å². The number of ether oxygens (including phenoxy) is 2. The molecule has 0 aromatic carbocycles. The highest BCUT2D eigenvalue weighted by Crippen LogP contribution is 2.38. The maximum Gasteiger partial charge on any atom is 0.422 e. The topological polar surface area (TPSA) is 110 Å². The Morgan fingerprint density at radius 1 is 0.596 bits per heavy atom. The third kappa shape index (κ3) is 8.59. The van der Waals surface area contributed by atoms with Gasteiger partial charge in [0.25, 0.3) is 0 Å².